The molecule has 2 aromatic rings. The zero-order chi connectivity index (χ0) is 13.8. The minimum absolute atomic E-state index is 0.170. The summed E-state index contributed by atoms with van der Waals surface area (Å²) in [6.07, 6.45) is 4.54. The van der Waals surface area contributed by atoms with Crippen molar-refractivity contribution < 1.29 is 4.74 Å². The molecule has 1 saturated carbocycles. The Morgan fingerprint density at radius 2 is 2.35 bits per heavy atom. The van der Waals surface area contributed by atoms with Crippen LogP contribution in [0.5, 0.6) is 0 Å². The van der Waals surface area contributed by atoms with E-state index < -0.39 is 0 Å². The van der Waals surface area contributed by atoms with E-state index in [0.29, 0.717) is 6.61 Å². The lowest BCUT2D eigenvalue weighted by molar-refractivity contribution is 0.197. The number of nitrogens with zero attached hydrogens (tertiary/aromatic N) is 1. The molecule has 20 heavy (non-hydrogen) atoms. The summed E-state index contributed by atoms with van der Waals surface area (Å²) in [7, 11) is 1.73. The van der Waals surface area contributed by atoms with Crippen LogP contribution in [0.3, 0.4) is 0 Å². The first kappa shape index (κ1) is 13.7. The van der Waals surface area contributed by atoms with E-state index in [1.807, 2.05) is 11.6 Å². The second kappa shape index (κ2) is 6.48. The normalized spacial score (nSPS) is 16.2. The predicted octanol–water partition coefficient (Wildman–Crippen LogP) is 3.35. The van der Waals surface area contributed by atoms with Crippen molar-refractivity contribution in [3.63, 3.8) is 0 Å². The molecule has 1 atom stereocenters. The van der Waals surface area contributed by atoms with Crippen LogP contribution in [0.1, 0.15) is 40.9 Å². The van der Waals surface area contributed by atoms with Gasteiger partial charge in [-0.05, 0) is 29.9 Å². The molecule has 1 N–H and O–H groups in total. The molecule has 0 radical (unpaired) electrons. The molecule has 3 rings (SSSR count). The Morgan fingerprint density at radius 3 is 3.05 bits per heavy atom. The van der Waals surface area contributed by atoms with Crippen molar-refractivity contribution in [3.8, 4) is 0 Å². The van der Waals surface area contributed by atoms with Gasteiger partial charge in [-0.15, -0.1) is 11.3 Å². The number of methoxy groups -OCH3 is 1. The van der Waals surface area contributed by atoms with Gasteiger partial charge < -0.3 is 10.1 Å². The lowest BCUT2D eigenvalue weighted by atomic mass is 10.0. The van der Waals surface area contributed by atoms with E-state index in [2.05, 4.69) is 34.6 Å². The Bertz CT molecular complexity index is 537. The molecule has 106 valence electrons. The first-order valence-corrected chi connectivity index (χ1v) is 7.98. The average Bonchev–Trinajstić information content (AvgIpc) is 3.20. The molecule has 1 aromatic carbocycles. The SMILES string of the molecule is COCCNC(c1cccc(C2CC2)c1)c1nccs1. The number of hydrogen-bond donors (Lipinski definition) is 1. The van der Waals surface area contributed by atoms with Crippen LogP contribution in [0.4, 0.5) is 0 Å². The molecule has 1 fully saturated rings. The number of rotatable bonds is 7. The summed E-state index contributed by atoms with van der Waals surface area (Å²) in [5, 5.41) is 6.70. The van der Waals surface area contributed by atoms with Gasteiger partial charge in [0.25, 0.3) is 0 Å². The van der Waals surface area contributed by atoms with Crippen molar-refractivity contribution in [2.24, 2.45) is 0 Å². The molecule has 0 amide bonds. The standard InChI is InChI=1S/C16H20N2OS/c1-19-9-7-17-15(16-18-8-10-20-16)14-4-2-3-13(11-14)12-5-6-12/h2-4,8,10-12,15,17H,5-7,9H2,1H3. The number of thiazole rings is 1. The average molecular weight is 288 g/mol. The van der Waals surface area contributed by atoms with Gasteiger partial charge in [-0.3, -0.25) is 0 Å². The van der Waals surface area contributed by atoms with E-state index in [-0.39, 0.29) is 6.04 Å². The van der Waals surface area contributed by atoms with Crippen molar-refractivity contribution >= 4 is 11.3 Å². The molecule has 1 aromatic heterocycles. The Balaban J connectivity index is 1.82. The largest absolute Gasteiger partial charge is 0.383 e. The molecule has 0 bridgehead atoms. The van der Waals surface area contributed by atoms with Gasteiger partial charge in [0, 0.05) is 25.2 Å². The van der Waals surface area contributed by atoms with Crippen LogP contribution in [-0.4, -0.2) is 25.2 Å². The molecular formula is C16H20N2OS. The second-order valence-electron chi connectivity index (χ2n) is 5.19. The molecule has 0 aliphatic heterocycles. The minimum atomic E-state index is 0.170. The van der Waals surface area contributed by atoms with E-state index in [9.17, 15) is 0 Å². The van der Waals surface area contributed by atoms with Crippen molar-refractivity contribution in [1.29, 1.82) is 0 Å². The van der Waals surface area contributed by atoms with Gasteiger partial charge in [-0.25, -0.2) is 4.98 Å². The molecular weight excluding hydrogens is 268 g/mol. The van der Waals surface area contributed by atoms with Crippen LogP contribution in [0, 0.1) is 0 Å². The second-order valence-corrected chi connectivity index (χ2v) is 6.12. The van der Waals surface area contributed by atoms with E-state index in [0.717, 1.165) is 17.5 Å². The third kappa shape index (κ3) is 3.26. The van der Waals surface area contributed by atoms with E-state index in [1.165, 1.54) is 24.0 Å². The number of aromatic nitrogens is 1. The van der Waals surface area contributed by atoms with Crippen molar-refractivity contribution in [1.82, 2.24) is 10.3 Å². The fourth-order valence-corrected chi connectivity index (χ4v) is 3.18. The topological polar surface area (TPSA) is 34.1 Å². The molecule has 1 aliphatic carbocycles. The number of ether oxygens (including phenoxy) is 1. The maximum atomic E-state index is 5.14. The quantitative estimate of drug-likeness (QED) is 0.793. The van der Waals surface area contributed by atoms with Gasteiger partial charge >= 0.3 is 0 Å². The lowest BCUT2D eigenvalue weighted by Gasteiger charge is -2.17. The molecule has 1 unspecified atom stereocenters. The number of nitrogens with one attached hydrogen (secondary N) is 1. The molecule has 0 spiro atoms. The smallest absolute Gasteiger partial charge is 0.114 e. The summed E-state index contributed by atoms with van der Waals surface area (Å²) < 4.78 is 5.14. The first-order chi connectivity index (χ1) is 9.88. The zero-order valence-corrected chi connectivity index (χ0v) is 12.5. The monoisotopic (exact) mass is 288 g/mol. The molecule has 0 saturated heterocycles. The Hall–Kier alpha value is -1.23. The number of hydrogen-bond acceptors (Lipinski definition) is 4. The first-order valence-electron chi connectivity index (χ1n) is 7.10. The minimum Gasteiger partial charge on any atom is -0.383 e. The van der Waals surface area contributed by atoms with Gasteiger partial charge in [-0.2, -0.15) is 0 Å². The highest BCUT2D eigenvalue weighted by Crippen LogP contribution is 2.41. The lowest BCUT2D eigenvalue weighted by Crippen LogP contribution is -2.26. The van der Waals surface area contributed by atoms with Crippen LogP contribution < -0.4 is 5.32 Å². The fourth-order valence-electron chi connectivity index (χ4n) is 2.44. The Kier molecular flexibility index (Phi) is 4.45. The Morgan fingerprint density at radius 1 is 1.45 bits per heavy atom. The van der Waals surface area contributed by atoms with Gasteiger partial charge in [0.15, 0.2) is 0 Å². The van der Waals surface area contributed by atoms with Gasteiger partial charge in [0.1, 0.15) is 5.01 Å². The van der Waals surface area contributed by atoms with Gasteiger partial charge in [0.05, 0.1) is 12.6 Å². The van der Waals surface area contributed by atoms with E-state index in [1.54, 1.807) is 18.4 Å². The third-order valence-corrected chi connectivity index (χ3v) is 4.49. The van der Waals surface area contributed by atoms with E-state index in [4.69, 9.17) is 4.74 Å². The van der Waals surface area contributed by atoms with Crippen LogP contribution in [0.2, 0.25) is 0 Å². The summed E-state index contributed by atoms with van der Waals surface area (Å²) >= 11 is 1.70. The molecule has 3 nitrogen and oxygen atoms in total. The highest BCUT2D eigenvalue weighted by molar-refractivity contribution is 7.09. The number of benzene rings is 1. The summed E-state index contributed by atoms with van der Waals surface area (Å²) in [6, 6.07) is 9.11. The summed E-state index contributed by atoms with van der Waals surface area (Å²) in [5.41, 5.74) is 2.78. The van der Waals surface area contributed by atoms with E-state index >= 15 is 0 Å². The van der Waals surface area contributed by atoms with Crippen LogP contribution >= 0.6 is 11.3 Å². The van der Waals surface area contributed by atoms with Crippen molar-refractivity contribution in [3.05, 3.63) is 52.0 Å². The third-order valence-electron chi connectivity index (χ3n) is 3.65. The summed E-state index contributed by atoms with van der Waals surface area (Å²) in [4.78, 5) is 4.48. The van der Waals surface area contributed by atoms with Crippen LogP contribution in [-0.2, 0) is 4.74 Å². The maximum absolute atomic E-state index is 5.14. The van der Waals surface area contributed by atoms with Crippen LogP contribution in [0.25, 0.3) is 0 Å². The summed E-state index contributed by atoms with van der Waals surface area (Å²) in [6.45, 7) is 1.54. The zero-order valence-electron chi connectivity index (χ0n) is 11.7. The fraction of sp³-hybridized carbons (Fsp3) is 0.438. The van der Waals surface area contributed by atoms with Crippen molar-refractivity contribution in [2.75, 3.05) is 20.3 Å². The van der Waals surface area contributed by atoms with Gasteiger partial charge in [0.2, 0.25) is 0 Å². The van der Waals surface area contributed by atoms with Gasteiger partial charge in [-0.1, -0.05) is 24.3 Å². The predicted molar refractivity (Wildman–Crippen MR) is 82.3 cm³/mol. The highest BCUT2D eigenvalue weighted by atomic mass is 32.1. The molecule has 1 aliphatic rings. The Labute approximate surface area is 124 Å². The van der Waals surface area contributed by atoms with Crippen LogP contribution in [0.15, 0.2) is 35.8 Å². The molecule has 1 heterocycles. The summed E-state index contributed by atoms with van der Waals surface area (Å²) in [5.74, 6) is 0.783. The highest BCUT2D eigenvalue weighted by Gasteiger charge is 2.24. The van der Waals surface area contributed by atoms with Crippen molar-refractivity contribution in [2.45, 2.75) is 24.8 Å². The molecule has 4 heteroatoms. The maximum Gasteiger partial charge on any atom is 0.114 e.